The molecule has 0 saturated carbocycles. The molecule has 0 aliphatic rings. The molecule has 0 aromatic heterocycles. The third-order valence-electron chi connectivity index (χ3n) is 3.08. The molecule has 0 aliphatic heterocycles. The van der Waals surface area contributed by atoms with Gasteiger partial charge in [0.05, 0.1) is 0 Å². The summed E-state index contributed by atoms with van der Waals surface area (Å²) in [5, 5.41) is 0. The van der Waals surface area contributed by atoms with Gasteiger partial charge in [-0.05, 0) is 23.5 Å². The first-order valence-corrected chi connectivity index (χ1v) is 6.18. The van der Waals surface area contributed by atoms with Gasteiger partial charge < -0.3 is 0 Å². The molecule has 16 heavy (non-hydrogen) atoms. The minimum atomic E-state index is 0.0427. The van der Waals surface area contributed by atoms with E-state index < -0.39 is 0 Å². The van der Waals surface area contributed by atoms with Gasteiger partial charge in [-0.3, -0.25) is 4.79 Å². The Hall–Kier alpha value is -1.11. The highest BCUT2D eigenvalue weighted by molar-refractivity contribution is 5.85. The van der Waals surface area contributed by atoms with Crippen LogP contribution in [0.2, 0.25) is 0 Å². The van der Waals surface area contributed by atoms with Gasteiger partial charge in [0.2, 0.25) is 0 Å². The maximum Gasteiger partial charge on any atom is 0.140 e. The van der Waals surface area contributed by atoms with Gasteiger partial charge in [-0.15, -0.1) is 0 Å². The first-order chi connectivity index (χ1) is 7.56. The van der Waals surface area contributed by atoms with E-state index in [1.807, 2.05) is 13.8 Å². The van der Waals surface area contributed by atoms with E-state index in [0.717, 1.165) is 12.0 Å². The van der Waals surface area contributed by atoms with E-state index in [4.69, 9.17) is 0 Å². The second-order valence-corrected chi connectivity index (χ2v) is 4.76. The molecule has 1 rings (SSSR count). The summed E-state index contributed by atoms with van der Waals surface area (Å²) >= 11 is 0. The second kappa shape index (κ2) is 5.83. The molecule has 0 amide bonds. The van der Waals surface area contributed by atoms with Crippen molar-refractivity contribution in [3.8, 4) is 0 Å². The largest absolute Gasteiger partial charge is 0.299 e. The van der Waals surface area contributed by atoms with Crippen LogP contribution in [0.4, 0.5) is 0 Å². The van der Waals surface area contributed by atoms with Crippen molar-refractivity contribution >= 4 is 5.78 Å². The van der Waals surface area contributed by atoms with Crippen molar-refractivity contribution in [1.82, 2.24) is 0 Å². The van der Waals surface area contributed by atoms with Gasteiger partial charge in [0.25, 0.3) is 0 Å². The van der Waals surface area contributed by atoms with E-state index in [2.05, 4.69) is 38.1 Å². The van der Waals surface area contributed by atoms with Gasteiger partial charge >= 0.3 is 0 Å². The van der Waals surface area contributed by atoms with E-state index >= 15 is 0 Å². The van der Waals surface area contributed by atoms with Crippen LogP contribution < -0.4 is 0 Å². The summed E-state index contributed by atoms with van der Waals surface area (Å²) in [6, 6.07) is 8.45. The number of hydrogen-bond acceptors (Lipinski definition) is 1. The van der Waals surface area contributed by atoms with Gasteiger partial charge in [0, 0.05) is 12.3 Å². The standard InChI is InChI=1S/C15H22O/c1-5-6-15(16)12(4)14-9-7-13(8-10-14)11(2)3/h7-12H,5-6H2,1-4H3. The smallest absolute Gasteiger partial charge is 0.140 e. The van der Waals surface area contributed by atoms with Crippen LogP contribution in [0.25, 0.3) is 0 Å². The van der Waals surface area contributed by atoms with Crippen LogP contribution in [-0.4, -0.2) is 5.78 Å². The molecule has 0 bridgehead atoms. The number of Topliss-reactive ketones (excluding diaryl/α,β-unsaturated/α-hetero) is 1. The summed E-state index contributed by atoms with van der Waals surface area (Å²) in [7, 11) is 0. The van der Waals surface area contributed by atoms with E-state index in [0.29, 0.717) is 18.1 Å². The lowest BCUT2D eigenvalue weighted by Crippen LogP contribution is -2.08. The maximum atomic E-state index is 11.8. The van der Waals surface area contributed by atoms with Crippen molar-refractivity contribution in [1.29, 1.82) is 0 Å². The van der Waals surface area contributed by atoms with Crippen molar-refractivity contribution < 1.29 is 4.79 Å². The maximum absolute atomic E-state index is 11.8. The molecule has 1 heteroatoms. The zero-order valence-electron chi connectivity index (χ0n) is 10.8. The predicted octanol–water partition coefficient (Wildman–Crippen LogP) is 4.28. The van der Waals surface area contributed by atoms with Crippen molar-refractivity contribution in [3.63, 3.8) is 0 Å². The van der Waals surface area contributed by atoms with Crippen LogP contribution in [-0.2, 0) is 4.79 Å². The normalized spacial score (nSPS) is 12.8. The molecule has 1 aromatic carbocycles. The Morgan fingerprint density at radius 2 is 1.56 bits per heavy atom. The van der Waals surface area contributed by atoms with E-state index in [9.17, 15) is 4.79 Å². The minimum absolute atomic E-state index is 0.0427. The van der Waals surface area contributed by atoms with Gasteiger partial charge in [-0.1, -0.05) is 52.0 Å². The average molecular weight is 218 g/mol. The zero-order chi connectivity index (χ0) is 12.1. The lowest BCUT2D eigenvalue weighted by Gasteiger charge is -2.12. The topological polar surface area (TPSA) is 17.1 Å². The van der Waals surface area contributed by atoms with Gasteiger partial charge in [0.1, 0.15) is 5.78 Å². The van der Waals surface area contributed by atoms with Crippen molar-refractivity contribution in [2.75, 3.05) is 0 Å². The number of rotatable bonds is 5. The average Bonchev–Trinajstić information content (AvgIpc) is 2.28. The fourth-order valence-electron chi connectivity index (χ4n) is 1.82. The summed E-state index contributed by atoms with van der Waals surface area (Å²) < 4.78 is 0. The number of ketones is 1. The molecule has 88 valence electrons. The van der Waals surface area contributed by atoms with Gasteiger partial charge in [-0.2, -0.15) is 0 Å². The van der Waals surface area contributed by atoms with Crippen LogP contribution in [0.15, 0.2) is 24.3 Å². The minimum Gasteiger partial charge on any atom is -0.299 e. The molecule has 0 N–H and O–H groups in total. The molecule has 0 radical (unpaired) electrons. The van der Waals surface area contributed by atoms with E-state index in [-0.39, 0.29) is 5.92 Å². The molecule has 0 saturated heterocycles. The second-order valence-electron chi connectivity index (χ2n) is 4.76. The summed E-state index contributed by atoms with van der Waals surface area (Å²) in [6.45, 7) is 8.41. The highest BCUT2D eigenvalue weighted by atomic mass is 16.1. The molecule has 0 aliphatic carbocycles. The first kappa shape index (κ1) is 13.0. The number of carbonyl (C=O) groups is 1. The van der Waals surface area contributed by atoms with Crippen molar-refractivity contribution in [3.05, 3.63) is 35.4 Å². The highest BCUT2D eigenvalue weighted by Crippen LogP contribution is 2.21. The lowest BCUT2D eigenvalue weighted by atomic mass is 9.92. The number of carbonyl (C=O) groups excluding carboxylic acids is 1. The highest BCUT2D eigenvalue weighted by Gasteiger charge is 2.13. The van der Waals surface area contributed by atoms with Crippen LogP contribution in [0, 0.1) is 0 Å². The molecule has 1 unspecified atom stereocenters. The molecule has 1 nitrogen and oxygen atoms in total. The third kappa shape index (κ3) is 3.19. The van der Waals surface area contributed by atoms with Crippen LogP contribution in [0.5, 0.6) is 0 Å². The fourth-order valence-corrected chi connectivity index (χ4v) is 1.82. The Bertz CT molecular complexity index is 335. The monoisotopic (exact) mass is 218 g/mol. The zero-order valence-corrected chi connectivity index (χ0v) is 10.8. The van der Waals surface area contributed by atoms with Crippen molar-refractivity contribution in [2.45, 2.75) is 52.4 Å². The summed E-state index contributed by atoms with van der Waals surface area (Å²) in [5.41, 5.74) is 2.47. The molecule has 0 spiro atoms. The van der Waals surface area contributed by atoms with E-state index in [1.54, 1.807) is 0 Å². The molecular weight excluding hydrogens is 196 g/mol. The lowest BCUT2D eigenvalue weighted by molar-refractivity contribution is -0.120. The SMILES string of the molecule is CCCC(=O)C(C)c1ccc(C(C)C)cc1. The van der Waals surface area contributed by atoms with Crippen LogP contribution >= 0.6 is 0 Å². The molecule has 1 aromatic rings. The third-order valence-corrected chi connectivity index (χ3v) is 3.08. The summed E-state index contributed by atoms with van der Waals surface area (Å²) in [5.74, 6) is 0.941. The van der Waals surface area contributed by atoms with Gasteiger partial charge in [0.15, 0.2) is 0 Å². The molecular formula is C15H22O. The quantitative estimate of drug-likeness (QED) is 0.720. The summed E-state index contributed by atoms with van der Waals surface area (Å²) in [4.78, 5) is 11.8. The number of hydrogen-bond donors (Lipinski definition) is 0. The Morgan fingerprint density at radius 1 is 1.06 bits per heavy atom. The fraction of sp³-hybridized carbons (Fsp3) is 0.533. The Morgan fingerprint density at radius 3 is 2.00 bits per heavy atom. The van der Waals surface area contributed by atoms with Crippen molar-refractivity contribution in [2.24, 2.45) is 0 Å². The summed E-state index contributed by atoms with van der Waals surface area (Å²) in [6.07, 6.45) is 1.63. The number of benzene rings is 1. The Kier molecular flexibility index (Phi) is 4.72. The van der Waals surface area contributed by atoms with Gasteiger partial charge in [-0.25, -0.2) is 0 Å². The molecule has 0 fully saturated rings. The Balaban J connectivity index is 2.77. The van der Waals surface area contributed by atoms with Crippen LogP contribution in [0.3, 0.4) is 0 Å². The molecule has 0 heterocycles. The predicted molar refractivity (Wildman–Crippen MR) is 68.9 cm³/mol. The first-order valence-electron chi connectivity index (χ1n) is 6.18. The molecule has 1 atom stereocenters. The Labute approximate surface area is 98.9 Å². The van der Waals surface area contributed by atoms with E-state index in [1.165, 1.54) is 5.56 Å². The van der Waals surface area contributed by atoms with Crippen LogP contribution in [0.1, 0.15) is 63.5 Å².